The molecule has 1 aromatic heterocycles. The molecule has 2 heterocycles. The number of benzene rings is 1. The van der Waals surface area contributed by atoms with E-state index in [1.165, 1.54) is 4.31 Å². The van der Waals surface area contributed by atoms with Crippen molar-refractivity contribution in [2.24, 2.45) is 0 Å². The van der Waals surface area contributed by atoms with E-state index in [2.05, 4.69) is 30.8 Å². The van der Waals surface area contributed by atoms with Gasteiger partial charge in [-0.3, -0.25) is 4.90 Å². The van der Waals surface area contributed by atoms with Gasteiger partial charge in [-0.25, -0.2) is 18.4 Å². The number of hydrogen-bond donors (Lipinski definition) is 0. The summed E-state index contributed by atoms with van der Waals surface area (Å²) in [4.78, 5) is 11.1. The van der Waals surface area contributed by atoms with E-state index in [0.717, 1.165) is 0 Å². The maximum absolute atomic E-state index is 12.7. The minimum atomic E-state index is -3.44. The van der Waals surface area contributed by atoms with Crippen molar-refractivity contribution in [3.05, 3.63) is 52.0 Å². The van der Waals surface area contributed by atoms with Crippen LogP contribution < -0.4 is 0 Å². The van der Waals surface area contributed by atoms with Crippen LogP contribution in [0.4, 0.5) is 0 Å². The Morgan fingerprint density at radius 2 is 1.80 bits per heavy atom. The van der Waals surface area contributed by atoms with Gasteiger partial charge in [0.15, 0.2) is 0 Å². The molecule has 1 fully saturated rings. The Morgan fingerprint density at radius 1 is 1.16 bits per heavy atom. The lowest BCUT2D eigenvalue weighted by Gasteiger charge is -2.36. The minimum absolute atomic E-state index is 0.0350. The molecular weight excluding hydrogens is 428 g/mol. The second kappa shape index (κ2) is 7.67. The van der Waals surface area contributed by atoms with Gasteiger partial charge in [-0.2, -0.15) is 4.31 Å². The molecule has 0 spiro atoms. The molecular formula is C16H18BrClN4O2S. The molecule has 0 aliphatic carbocycles. The van der Waals surface area contributed by atoms with E-state index in [0.29, 0.717) is 46.5 Å². The van der Waals surface area contributed by atoms with Crippen molar-refractivity contribution < 1.29 is 8.42 Å². The van der Waals surface area contributed by atoms with Crippen LogP contribution in [0.15, 0.2) is 45.9 Å². The zero-order valence-electron chi connectivity index (χ0n) is 13.6. The maximum atomic E-state index is 12.7. The molecule has 6 nitrogen and oxygen atoms in total. The van der Waals surface area contributed by atoms with E-state index in [1.54, 1.807) is 30.5 Å². The summed E-state index contributed by atoms with van der Waals surface area (Å²) in [6.45, 7) is 4.10. The Morgan fingerprint density at radius 3 is 2.40 bits per heavy atom. The summed E-state index contributed by atoms with van der Waals surface area (Å²) in [6.07, 6.45) is 1.64. The van der Waals surface area contributed by atoms with Crippen LogP contribution in [0.1, 0.15) is 18.8 Å². The number of rotatable bonds is 4. The Balaban J connectivity index is 1.68. The van der Waals surface area contributed by atoms with Gasteiger partial charge in [-0.05, 0) is 35.0 Å². The highest BCUT2D eigenvalue weighted by atomic mass is 79.9. The van der Waals surface area contributed by atoms with Crippen LogP contribution in [0.25, 0.3) is 0 Å². The van der Waals surface area contributed by atoms with Gasteiger partial charge in [0.05, 0.1) is 15.4 Å². The standard InChI is InChI=1S/C16H18BrClN4O2S/c1-12(16-19-11-14(17)15(18)20-16)21-7-9-22(10-8-21)25(23,24)13-5-3-2-4-6-13/h2-6,11-12H,7-10H2,1H3. The third-order valence-corrected chi connectivity index (χ3v) is 7.31. The first-order chi connectivity index (χ1) is 11.9. The molecule has 3 rings (SSSR count). The molecule has 25 heavy (non-hydrogen) atoms. The SMILES string of the molecule is CC(c1ncc(Br)c(Cl)n1)N1CCN(S(=O)(=O)c2ccccc2)CC1. The summed E-state index contributed by atoms with van der Waals surface area (Å²) in [5, 5.41) is 0.377. The van der Waals surface area contributed by atoms with Crippen molar-refractivity contribution >= 4 is 37.6 Å². The van der Waals surface area contributed by atoms with E-state index >= 15 is 0 Å². The third-order valence-electron chi connectivity index (χ3n) is 4.30. The fourth-order valence-electron chi connectivity index (χ4n) is 2.80. The van der Waals surface area contributed by atoms with E-state index < -0.39 is 10.0 Å². The minimum Gasteiger partial charge on any atom is -0.291 e. The molecule has 0 amide bonds. The van der Waals surface area contributed by atoms with Crippen LogP contribution in [0, 0.1) is 0 Å². The van der Waals surface area contributed by atoms with E-state index in [1.807, 2.05) is 13.0 Å². The largest absolute Gasteiger partial charge is 0.291 e. The topological polar surface area (TPSA) is 66.4 Å². The molecule has 2 aromatic rings. The fraction of sp³-hybridized carbons (Fsp3) is 0.375. The first-order valence-electron chi connectivity index (χ1n) is 7.87. The molecule has 1 atom stereocenters. The molecule has 9 heteroatoms. The number of halogens is 2. The van der Waals surface area contributed by atoms with Crippen molar-refractivity contribution in [1.82, 2.24) is 19.2 Å². The van der Waals surface area contributed by atoms with Crippen molar-refractivity contribution in [3.8, 4) is 0 Å². The highest BCUT2D eigenvalue weighted by Crippen LogP contribution is 2.25. The number of sulfonamides is 1. The lowest BCUT2D eigenvalue weighted by atomic mass is 10.2. The summed E-state index contributed by atoms with van der Waals surface area (Å²) < 4.78 is 27.5. The molecule has 0 radical (unpaired) electrons. The van der Waals surface area contributed by atoms with Crippen LogP contribution in [0.3, 0.4) is 0 Å². The molecule has 1 aliphatic rings. The first kappa shape index (κ1) is 18.7. The lowest BCUT2D eigenvalue weighted by Crippen LogP contribution is -2.49. The monoisotopic (exact) mass is 444 g/mol. The van der Waals surface area contributed by atoms with Gasteiger partial charge in [0, 0.05) is 32.4 Å². The predicted octanol–water partition coefficient (Wildman–Crippen LogP) is 2.96. The second-order valence-electron chi connectivity index (χ2n) is 5.80. The van der Waals surface area contributed by atoms with Gasteiger partial charge < -0.3 is 0 Å². The molecule has 0 saturated carbocycles. The molecule has 0 bridgehead atoms. The Labute approximate surface area is 161 Å². The van der Waals surface area contributed by atoms with Crippen molar-refractivity contribution in [3.63, 3.8) is 0 Å². The van der Waals surface area contributed by atoms with Crippen molar-refractivity contribution in [2.75, 3.05) is 26.2 Å². The van der Waals surface area contributed by atoms with Crippen LogP contribution in [0.5, 0.6) is 0 Å². The van der Waals surface area contributed by atoms with E-state index in [4.69, 9.17) is 11.6 Å². The number of piperazine rings is 1. The molecule has 0 N–H and O–H groups in total. The van der Waals surface area contributed by atoms with E-state index in [-0.39, 0.29) is 6.04 Å². The van der Waals surface area contributed by atoms with Crippen molar-refractivity contribution in [2.45, 2.75) is 17.9 Å². The van der Waals surface area contributed by atoms with Crippen LogP contribution in [-0.4, -0.2) is 53.8 Å². The summed E-state index contributed by atoms with van der Waals surface area (Å²) >= 11 is 9.33. The van der Waals surface area contributed by atoms with Gasteiger partial charge in [0.1, 0.15) is 11.0 Å². The van der Waals surface area contributed by atoms with Gasteiger partial charge in [0.25, 0.3) is 0 Å². The Hall–Kier alpha value is -1.06. The number of hydrogen-bond acceptors (Lipinski definition) is 5. The highest BCUT2D eigenvalue weighted by molar-refractivity contribution is 9.10. The van der Waals surface area contributed by atoms with Crippen molar-refractivity contribution in [1.29, 1.82) is 0 Å². The quantitative estimate of drug-likeness (QED) is 0.677. The zero-order chi connectivity index (χ0) is 18.0. The number of nitrogens with zero attached hydrogens (tertiary/aromatic N) is 4. The summed E-state index contributed by atoms with van der Waals surface area (Å²) in [5.41, 5.74) is 0. The maximum Gasteiger partial charge on any atom is 0.243 e. The normalized spacial score (nSPS) is 18.2. The third kappa shape index (κ3) is 4.03. The fourth-order valence-corrected chi connectivity index (χ4v) is 4.57. The Bertz CT molecular complexity index is 842. The lowest BCUT2D eigenvalue weighted by molar-refractivity contribution is 0.141. The highest BCUT2D eigenvalue weighted by Gasteiger charge is 2.30. The molecule has 1 unspecified atom stereocenters. The first-order valence-corrected chi connectivity index (χ1v) is 10.5. The van der Waals surface area contributed by atoms with E-state index in [9.17, 15) is 8.42 Å². The molecule has 1 saturated heterocycles. The molecule has 1 aromatic carbocycles. The molecule has 134 valence electrons. The average molecular weight is 446 g/mol. The Kier molecular flexibility index (Phi) is 5.75. The van der Waals surface area contributed by atoms with Gasteiger partial charge in [-0.1, -0.05) is 29.8 Å². The summed E-state index contributed by atoms with van der Waals surface area (Å²) in [6, 6.07) is 8.50. The predicted molar refractivity (Wildman–Crippen MR) is 99.9 cm³/mol. The van der Waals surface area contributed by atoms with Gasteiger partial charge in [-0.15, -0.1) is 0 Å². The zero-order valence-corrected chi connectivity index (χ0v) is 16.8. The smallest absolute Gasteiger partial charge is 0.243 e. The van der Waals surface area contributed by atoms with Crippen LogP contribution in [-0.2, 0) is 10.0 Å². The van der Waals surface area contributed by atoms with Gasteiger partial charge in [0.2, 0.25) is 10.0 Å². The van der Waals surface area contributed by atoms with Crippen LogP contribution in [0.2, 0.25) is 5.15 Å². The molecule has 1 aliphatic heterocycles. The average Bonchev–Trinajstić information content (AvgIpc) is 2.64. The summed E-state index contributed by atoms with van der Waals surface area (Å²) in [5.74, 6) is 0.632. The number of aromatic nitrogens is 2. The van der Waals surface area contributed by atoms with Gasteiger partial charge >= 0.3 is 0 Å². The van der Waals surface area contributed by atoms with Crippen LogP contribution >= 0.6 is 27.5 Å². The summed E-state index contributed by atoms with van der Waals surface area (Å²) in [7, 11) is -3.44. The second-order valence-corrected chi connectivity index (χ2v) is 8.95.